The van der Waals surface area contributed by atoms with Crippen LogP contribution in [0.25, 0.3) is 104 Å². The number of nitrogens with zero attached hydrogens (tertiary/aromatic N) is 3. The molecule has 52 heavy (non-hydrogen) atoms. The molecule has 0 aliphatic heterocycles. The van der Waals surface area contributed by atoms with E-state index in [1.54, 1.807) is 0 Å². The van der Waals surface area contributed by atoms with Gasteiger partial charge >= 0.3 is 0 Å². The van der Waals surface area contributed by atoms with E-state index >= 15 is 0 Å². The lowest BCUT2D eigenvalue weighted by Gasteiger charge is -2.15. The minimum absolute atomic E-state index is 0.620. The molecular weight excluding hydrogens is 655 g/mol. The fraction of sp³-hybridized carbons (Fsp3) is 0.0426. The minimum Gasteiger partial charge on any atom is -0.456 e. The van der Waals surface area contributed by atoms with E-state index in [4.69, 9.17) is 19.4 Å². The molecule has 0 amide bonds. The number of allylic oxidation sites excluding steroid dienone is 1. The summed E-state index contributed by atoms with van der Waals surface area (Å²) in [6.45, 7) is 0. The number of hydrogen-bond donors (Lipinski definition) is 0. The van der Waals surface area contributed by atoms with Crippen LogP contribution in [0.15, 0.2) is 150 Å². The standard InChI is InChI=1S/C47H29N3OS/c1-2-10-30(11-3-1)45-48-46(33-20-19-29-18-17-28-9-4-5-12-34(28)39(29)25-33)50-47(49-45)38-14-8-15-40-44(38)37-24-22-31(26-41(37)51-40)32-21-23-36-35-13-6-7-16-42(35)52-43(36)27-32/h1-4,6-11,13-27H,5,12H2. The maximum atomic E-state index is 6.57. The Bertz CT molecular complexity index is 3080. The summed E-state index contributed by atoms with van der Waals surface area (Å²) in [5.41, 5.74) is 9.44. The van der Waals surface area contributed by atoms with Crippen molar-refractivity contribution >= 4 is 70.3 Å². The van der Waals surface area contributed by atoms with Gasteiger partial charge in [-0.25, -0.2) is 15.0 Å². The summed E-state index contributed by atoms with van der Waals surface area (Å²) in [7, 11) is 0. The first-order valence-electron chi connectivity index (χ1n) is 17.6. The molecule has 0 bridgehead atoms. The molecule has 244 valence electrons. The number of benzene rings is 7. The van der Waals surface area contributed by atoms with Gasteiger partial charge in [0.05, 0.1) is 0 Å². The second kappa shape index (κ2) is 11.6. The van der Waals surface area contributed by atoms with Crippen molar-refractivity contribution in [3.05, 3.63) is 157 Å². The molecule has 0 N–H and O–H groups in total. The van der Waals surface area contributed by atoms with Crippen LogP contribution in [0.2, 0.25) is 0 Å². The lowest BCUT2D eigenvalue weighted by Crippen LogP contribution is -2.01. The van der Waals surface area contributed by atoms with Gasteiger partial charge in [0, 0.05) is 47.6 Å². The van der Waals surface area contributed by atoms with Crippen LogP contribution in [0.1, 0.15) is 17.5 Å². The molecule has 4 nitrogen and oxygen atoms in total. The largest absolute Gasteiger partial charge is 0.456 e. The molecule has 11 rings (SSSR count). The van der Waals surface area contributed by atoms with E-state index in [0.717, 1.165) is 57.0 Å². The van der Waals surface area contributed by atoms with Gasteiger partial charge in [-0.3, -0.25) is 0 Å². The SMILES string of the molecule is C1=Cc2ccc3ccc(-c4nc(-c5ccccc5)nc(-c5cccc6oc7cc(-c8ccc9c(c8)sc8ccccc89)ccc7c56)n4)cc3c2CC1. The highest BCUT2D eigenvalue weighted by atomic mass is 32.1. The molecule has 1 aliphatic carbocycles. The molecule has 10 aromatic rings. The Kier molecular flexibility index (Phi) is 6.51. The molecule has 0 saturated heterocycles. The Morgan fingerprint density at radius 3 is 2.17 bits per heavy atom. The minimum atomic E-state index is 0.620. The van der Waals surface area contributed by atoms with Gasteiger partial charge in [0.1, 0.15) is 11.2 Å². The molecule has 5 heteroatoms. The van der Waals surface area contributed by atoms with Gasteiger partial charge < -0.3 is 4.42 Å². The summed E-state index contributed by atoms with van der Waals surface area (Å²) in [6, 6.07) is 49.2. The lowest BCUT2D eigenvalue weighted by molar-refractivity contribution is 0.669. The van der Waals surface area contributed by atoms with Gasteiger partial charge in [-0.15, -0.1) is 11.3 Å². The molecule has 0 atom stereocenters. The fourth-order valence-corrected chi connectivity index (χ4v) is 9.00. The summed E-state index contributed by atoms with van der Waals surface area (Å²) in [6.07, 6.45) is 6.58. The highest BCUT2D eigenvalue weighted by molar-refractivity contribution is 7.25. The molecule has 0 radical (unpaired) electrons. The van der Waals surface area contributed by atoms with Crippen molar-refractivity contribution in [3.8, 4) is 45.3 Å². The number of thiophene rings is 1. The van der Waals surface area contributed by atoms with Crippen LogP contribution < -0.4 is 0 Å². The number of hydrogen-bond acceptors (Lipinski definition) is 5. The van der Waals surface area contributed by atoms with E-state index in [2.05, 4.69) is 121 Å². The highest BCUT2D eigenvalue weighted by Crippen LogP contribution is 2.40. The zero-order valence-corrected chi connectivity index (χ0v) is 28.8. The zero-order valence-electron chi connectivity index (χ0n) is 28.0. The number of aryl methyl sites for hydroxylation is 1. The molecular formula is C47H29N3OS. The molecule has 0 saturated carbocycles. The summed E-state index contributed by atoms with van der Waals surface area (Å²) >= 11 is 1.84. The van der Waals surface area contributed by atoms with Crippen molar-refractivity contribution in [1.29, 1.82) is 0 Å². The Hall–Kier alpha value is -6.43. The van der Waals surface area contributed by atoms with E-state index in [0.29, 0.717) is 17.5 Å². The molecule has 7 aromatic carbocycles. The van der Waals surface area contributed by atoms with Crippen molar-refractivity contribution in [2.45, 2.75) is 12.8 Å². The van der Waals surface area contributed by atoms with E-state index in [1.165, 1.54) is 47.6 Å². The molecule has 0 spiro atoms. The van der Waals surface area contributed by atoms with Gasteiger partial charge in [0.25, 0.3) is 0 Å². The van der Waals surface area contributed by atoms with Crippen LogP contribution in [-0.2, 0) is 6.42 Å². The predicted octanol–water partition coefficient (Wildman–Crippen LogP) is 12.9. The van der Waals surface area contributed by atoms with Crippen LogP contribution in [0.3, 0.4) is 0 Å². The molecule has 3 aromatic heterocycles. The quantitative estimate of drug-likeness (QED) is 0.185. The van der Waals surface area contributed by atoms with Gasteiger partial charge in [-0.05, 0) is 82.3 Å². The molecule has 0 unspecified atom stereocenters. The number of rotatable bonds is 4. The number of aromatic nitrogens is 3. The smallest absolute Gasteiger partial charge is 0.164 e. The van der Waals surface area contributed by atoms with E-state index < -0.39 is 0 Å². The number of fused-ring (bicyclic) bond motifs is 9. The van der Waals surface area contributed by atoms with Crippen LogP contribution in [0.4, 0.5) is 0 Å². The Balaban J connectivity index is 1.07. The first-order chi connectivity index (χ1) is 25.7. The summed E-state index contributed by atoms with van der Waals surface area (Å²) in [5, 5.41) is 7.13. The van der Waals surface area contributed by atoms with Crippen molar-refractivity contribution in [2.24, 2.45) is 0 Å². The van der Waals surface area contributed by atoms with Crippen LogP contribution in [-0.4, -0.2) is 15.0 Å². The number of furan rings is 1. The fourth-order valence-electron chi connectivity index (χ4n) is 7.85. The third kappa shape index (κ3) is 4.70. The summed E-state index contributed by atoms with van der Waals surface area (Å²) in [5.74, 6) is 1.91. The topological polar surface area (TPSA) is 51.8 Å². The summed E-state index contributed by atoms with van der Waals surface area (Å²) in [4.78, 5) is 15.4. The average Bonchev–Trinajstić information content (AvgIpc) is 3.78. The van der Waals surface area contributed by atoms with Crippen LogP contribution in [0.5, 0.6) is 0 Å². The third-order valence-corrected chi connectivity index (χ3v) is 11.5. The van der Waals surface area contributed by atoms with Gasteiger partial charge in [0.2, 0.25) is 0 Å². The molecule has 0 fully saturated rings. The zero-order chi connectivity index (χ0) is 34.2. The average molecular weight is 684 g/mol. The van der Waals surface area contributed by atoms with Gasteiger partial charge in [0.15, 0.2) is 17.5 Å². The Morgan fingerprint density at radius 2 is 1.25 bits per heavy atom. The third-order valence-electron chi connectivity index (χ3n) is 10.4. The van der Waals surface area contributed by atoms with Crippen molar-refractivity contribution < 1.29 is 4.42 Å². The van der Waals surface area contributed by atoms with Crippen LogP contribution in [0, 0.1) is 0 Å². The second-order valence-corrected chi connectivity index (χ2v) is 14.6. The van der Waals surface area contributed by atoms with E-state index in [1.807, 2.05) is 41.7 Å². The summed E-state index contributed by atoms with van der Waals surface area (Å²) < 4.78 is 9.16. The monoisotopic (exact) mass is 683 g/mol. The normalized spacial score (nSPS) is 12.8. The van der Waals surface area contributed by atoms with E-state index in [-0.39, 0.29) is 0 Å². The Labute approximate surface area is 303 Å². The van der Waals surface area contributed by atoms with Crippen molar-refractivity contribution in [3.63, 3.8) is 0 Å². The maximum Gasteiger partial charge on any atom is 0.164 e. The first-order valence-corrected chi connectivity index (χ1v) is 18.5. The Morgan fingerprint density at radius 1 is 0.500 bits per heavy atom. The van der Waals surface area contributed by atoms with Crippen molar-refractivity contribution in [1.82, 2.24) is 15.0 Å². The maximum absolute atomic E-state index is 6.57. The second-order valence-electron chi connectivity index (χ2n) is 13.5. The lowest BCUT2D eigenvalue weighted by atomic mass is 9.91. The molecule has 3 heterocycles. The van der Waals surface area contributed by atoms with E-state index in [9.17, 15) is 0 Å². The van der Waals surface area contributed by atoms with Gasteiger partial charge in [-0.2, -0.15) is 0 Å². The first kappa shape index (κ1) is 29.3. The molecule has 1 aliphatic rings. The van der Waals surface area contributed by atoms with Crippen molar-refractivity contribution in [2.75, 3.05) is 0 Å². The predicted molar refractivity (Wildman–Crippen MR) is 217 cm³/mol. The van der Waals surface area contributed by atoms with Gasteiger partial charge in [-0.1, -0.05) is 115 Å². The van der Waals surface area contributed by atoms with Crippen LogP contribution >= 0.6 is 11.3 Å². The highest BCUT2D eigenvalue weighted by Gasteiger charge is 2.19.